The van der Waals surface area contributed by atoms with Crippen LogP contribution >= 0.6 is 23.2 Å². The fraction of sp³-hybridized carbons (Fsp3) is 0.300. The predicted octanol–water partition coefficient (Wildman–Crippen LogP) is 5.12. The monoisotopic (exact) mass is 390 g/mol. The number of amides is 2. The minimum atomic E-state index is -0.269. The van der Waals surface area contributed by atoms with E-state index in [1.807, 2.05) is 4.90 Å². The molecule has 26 heavy (non-hydrogen) atoms. The third-order valence-corrected chi connectivity index (χ3v) is 5.25. The second kappa shape index (κ2) is 8.11. The van der Waals surface area contributed by atoms with E-state index in [1.165, 1.54) is 0 Å². The number of rotatable bonds is 3. The molecule has 1 aliphatic heterocycles. The minimum Gasteiger partial charge on any atom is -0.338 e. The molecule has 1 N–H and O–H groups in total. The zero-order chi connectivity index (χ0) is 18.7. The molecule has 2 amide bonds. The van der Waals surface area contributed by atoms with Gasteiger partial charge in [-0.3, -0.25) is 9.59 Å². The van der Waals surface area contributed by atoms with Crippen LogP contribution in [0, 0.1) is 5.92 Å². The van der Waals surface area contributed by atoms with Gasteiger partial charge in [0.15, 0.2) is 0 Å². The van der Waals surface area contributed by atoms with E-state index in [1.54, 1.807) is 42.5 Å². The summed E-state index contributed by atoms with van der Waals surface area (Å²) in [5.41, 5.74) is 1.64. The van der Waals surface area contributed by atoms with E-state index in [4.69, 9.17) is 23.2 Å². The van der Waals surface area contributed by atoms with Crippen LogP contribution in [0.15, 0.2) is 42.5 Å². The number of anilines is 1. The Bertz CT molecular complexity index is 821. The summed E-state index contributed by atoms with van der Waals surface area (Å²) in [6, 6.07) is 11.6. The van der Waals surface area contributed by atoms with Gasteiger partial charge in [-0.05, 0) is 61.2 Å². The molecule has 0 spiro atoms. The van der Waals surface area contributed by atoms with Gasteiger partial charge in [-0.2, -0.15) is 0 Å². The van der Waals surface area contributed by atoms with Crippen LogP contribution in [-0.4, -0.2) is 29.8 Å². The SMILES string of the molecule is CC1CCCN(C(=O)c2ccc(C(=O)Nc3ccc(Cl)c(Cl)c3)cc2)C1. The van der Waals surface area contributed by atoms with Crippen LogP contribution in [0.4, 0.5) is 5.69 Å². The summed E-state index contributed by atoms with van der Waals surface area (Å²) >= 11 is 11.8. The fourth-order valence-corrected chi connectivity index (χ4v) is 3.40. The van der Waals surface area contributed by atoms with E-state index < -0.39 is 0 Å². The quantitative estimate of drug-likeness (QED) is 0.790. The van der Waals surface area contributed by atoms with Crippen molar-refractivity contribution in [2.24, 2.45) is 5.92 Å². The van der Waals surface area contributed by atoms with E-state index in [0.29, 0.717) is 32.8 Å². The van der Waals surface area contributed by atoms with E-state index in [2.05, 4.69) is 12.2 Å². The summed E-state index contributed by atoms with van der Waals surface area (Å²) in [5.74, 6) is 0.283. The third kappa shape index (κ3) is 4.37. The molecule has 4 nitrogen and oxygen atoms in total. The number of halogens is 2. The average molecular weight is 391 g/mol. The number of hydrogen-bond donors (Lipinski definition) is 1. The molecule has 1 heterocycles. The number of carbonyl (C=O) groups excluding carboxylic acids is 2. The van der Waals surface area contributed by atoms with Gasteiger partial charge >= 0.3 is 0 Å². The molecule has 2 aromatic carbocycles. The Hall–Kier alpha value is -2.04. The number of benzene rings is 2. The lowest BCUT2D eigenvalue weighted by Crippen LogP contribution is -2.39. The van der Waals surface area contributed by atoms with E-state index in [0.717, 1.165) is 25.9 Å². The van der Waals surface area contributed by atoms with Gasteiger partial charge in [-0.1, -0.05) is 30.1 Å². The molecule has 2 aromatic rings. The summed E-state index contributed by atoms with van der Waals surface area (Å²) in [6.45, 7) is 3.75. The van der Waals surface area contributed by atoms with Gasteiger partial charge in [-0.25, -0.2) is 0 Å². The number of piperidine rings is 1. The van der Waals surface area contributed by atoms with Gasteiger partial charge < -0.3 is 10.2 Å². The fourth-order valence-electron chi connectivity index (χ4n) is 3.10. The summed E-state index contributed by atoms with van der Waals surface area (Å²) in [7, 11) is 0. The Labute approximate surface area is 163 Å². The molecule has 1 atom stereocenters. The van der Waals surface area contributed by atoms with Gasteiger partial charge in [-0.15, -0.1) is 0 Å². The first-order valence-corrected chi connectivity index (χ1v) is 9.35. The predicted molar refractivity (Wildman–Crippen MR) is 105 cm³/mol. The van der Waals surface area contributed by atoms with Crippen molar-refractivity contribution >= 4 is 40.7 Å². The van der Waals surface area contributed by atoms with Crippen molar-refractivity contribution in [1.29, 1.82) is 0 Å². The van der Waals surface area contributed by atoms with Gasteiger partial charge in [0, 0.05) is 29.9 Å². The third-order valence-electron chi connectivity index (χ3n) is 4.52. The van der Waals surface area contributed by atoms with Crippen LogP contribution in [0.2, 0.25) is 10.0 Å². The molecular weight excluding hydrogens is 371 g/mol. The molecule has 1 saturated heterocycles. The molecule has 0 bridgehead atoms. The molecule has 1 unspecified atom stereocenters. The van der Waals surface area contributed by atoms with Crippen molar-refractivity contribution in [2.75, 3.05) is 18.4 Å². The first-order chi connectivity index (χ1) is 12.4. The highest BCUT2D eigenvalue weighted by Gasteiger charge is 2.22. The number of likely N-dealkylation sites (tertiary alicyclic amines) is 1. The van der Waals surface area contributed by atoms with Gasteiger partial charge in [0.2, 0.25) is 0 Å². The zero-order valence-electron chi connectivity index (χ0n) is 14.5. The first kappa shape index (κ1) is 18.7. The molecule has 1 fully saturated rings. The van der Waals surface area contributed by atoms with Crippen molar-refractivity contribution in [1.82, 2.24) is 4.90 Å². The highest BCUT2D eigenvalue weighted by Crippen LogP contribution is 2.25. The second-order valence-electron chi connectivity index (χ2n) is 6.66. The molecule has 0 aromatic heterocycles. The van der Waals surface area contributed by atoms with E-state index in [9.17, 15) is 9.59 Å². The maximum absolute atomic E-state index is 12.6. The van der Waals surface area contributed by atoms with Crippen molar-refractivity contribution in [2.45, 2.75) is 19.8 Å². The maximum Gasteiger partial charge on any atom is 0.255 e. The normalized spacial score (nSPS) is 17.0. The first-order valence-electron chi connectivity index (χ1n) is 8.60. The van der Waals surface area contributed by atoms with Crippen LogP contribution < -0.4 is 5.32 Å². The Kier molecular flexibility index (Phi) is 5.84. The average Bonchev–Trinajstić information content (AvgIpc) is 2.64. The standard InChI is InChI=1S/C20H20Cl2N2O2/c1-13-3-2-10-24(12-13)20(26)15-6-4-14(5-7-15)19(25)23-16-8-9-17(21)18(22)11-16/h4-9,11,13H,2-3,10,12H2,1H3,(H,23,25). The number of nitrogens with one attached hydrogen (secondary N) is 1. The molecule has 0 saturated carbocycles. The molecule has 0 radical (unpaired) electrons. The lowest BCUT2D eigenvalue weighted by Gasteiger charge is -2.31. The Morgan fingerprint density at radius 1 is 1.04 bits per heavy atom. The molecule has 3 rings (SSSR count). The summed E-state index contributed by atoms with van der Waals surface area (Å²) in [6.07, 6.45) is 2.20. The summed E-state index contributed by atoms with van der Waals surface area (Å²) in [4.78, 5) is 26.8. The molecule has 0 aliphatic carbocycles. The summed E-state index contributed by atoms with van der Waals surface area (Å²) in [5, 5.41) is 3.57. The molecular formula is C20H20Cl2N2O2. The van der Waals surface area contributed by atoms with Crippen molar-refractivity contribution in [3.63, 3.8) is 0 Å². The van der Waals surface area contributed by atoms with Crippen molar-refractivity contribution in [3.8, 4) is 0 Å². The Balaban J connectivity index is 1.67. The van der Waals surface area contributed by atoms with E-state index in [-0.39, 0.29) is 11.8 Å². The van der Waals surface area contributed by atoms with Gasteiger partial charge in [0.25, 0.3) is 11.8 Å². The highest BCUT2D eigenvalue weighted by atomic mass is 35.5. The molecule has 136 valence electrons. The van der Waals surface area contributed by atoms with Gasteiger partial charge in [0.1, 0.15) is 0 Å². The smallest absolute Gasteiger partial charge is 0.255 e. The van der Waals surface area contributed by atoms with Crippen LogP contribution in [0.5, 0.6) is 0 Å². The Morgan fingerprint density at radius 3 is 2.38 bits per heavy atom. The van der Waals surface area contributed by atoms with Crippen LogP contribution in [0.25, 0.3) is 0 Å². The van der Waals surface area contributed by atoms with Crippen LogP contribution in [0.3, 0.4) is 0 Å². The number of hydrogen-bond acceptors (Lipinski definition) is 2. The van der Waals surface area contributed by atoms with Crippen LogP contribution in [0.1, 0.15) is 40.5 Å². The molecule has 1 aliphatic rings. The van der Waals surface area contributed by atoms with E-state index >= 15 is 0 Å². The lowest BCUT2D eigenvalue weighted by atomic mass is 9.99. The van der Waals surface area contributed by atoms with Crippen molar-refractivity contribution < 1.29 is 9.59 Å². The minimum absolute atomic E-state index is 0.0213. The topological polar surface area (TPSA) is 49.4 Å². The number of carbonyl (C=O) groups is 2. The number of nitrogens with zero attached hydrogens (tertiary/aromatic N) is 1. The highest BCUT2D eigenvalue weighted by molar-refractivity contribution is 6.42. The maximum atomic E-state index is 12.6. The van der Waals surface area contributed by atoms with Crippen molar-refractivity contribution in [3.05, 3.63) is 63.6 Å². The zero-order valence-corrected chi connectivity index (χ0v) is 16.0. The summed E-state index contributed by atoms with van der Waals surface area (Å²) < 4.78 is 0. The Morgan fingerprint density at radius 2 is 1.73 bits per heavy atom. The van der Waals surface area contributed by atoms with Gasteiger partial charge in [0.05, 0.1) is 10.0 Å². The van der Waals surface area contributed by atoms with Crippen LogP contribution in [-0.2, 0) is 0 Å². The molecule has 6 heteroatoms. The largest absolute Gasteiger partial charge is 0.338 e. The second-order valence-corrected chi connectivity index (χ2v) is 7.47. The lowest BCUT2D eigenvalue weighted by molar-refractivity contribution is 0.0682.